The van der Waals surface area contributed by atoms with E-state index in [1.54, 1.807) is 6.92 Å². The first kappa shape index (κ1) is 16.0. The topological polar surface area (TPSA) is 66.6 Å². The van der Waals surface area contributed by atoms with Gasteiger partial charge in [-0.15, -0.1) is 0 Å². The lowest BCUT2D eigenvalue weighted by Gasteiger charge is -2.30. The minimum Gasteiger partial charge on any atom is -0.391 e. The van der Waals surface area contributed by atoms with Gasteiger partial charge < -0.3 is 14.5 Å². The van der Waals surface area contributed by atoms with E-state index in [-0.39, 0.29) is 34.3 Å². The summed E-state index contributed by atoms with van der Waals surface area (Å²) >= 11 is 6.07. The van der Waals surface area contributed by atoms with Crippen molar-refractivity contribution in [3.8, 4) is 11.3 Å². The number of carbonyl (C=O) groups excluding carboxylic acids is 1. The van der Waals surface area contributed by atoms with Crippen LogP contribution < -0.4 is 0 Å². The third kappa shape index (κ3) is 2.96. The van der Waals surface area contributed by atoms with Crippen molar-refractivity contribution in [2.24, 2.45) is 0 Å². The smallest absolute Gasteiger partial charge is 0.259 e. The first-order chi connectivity index (χ1) is 11.0. The second-order valence-electron chi connectivity index (χ2n) is 5.61. The molecule has 1 N–H and O–H groups in total. The van der Waals surface area contributed by atoms with E-state index in [4.69, 9.17) is 16.1 Å². The Balaban J connectivity index is 2.04. The molecule has 3 rings (SSSR count). The van der Waals surface area contributed by atoms with Crippen molar-refractivity contribution < 1.29 is 18.8 Å². The highest BCUT2D eigenvalue weighted by Gasteiger charge is 2.30. The monoisotopic (exact) mass is 338 g/mol. The molecule has 0 saturated carbocycles. The van der Waals surface area contributed by atoms with Crippen molar-refractivity contribution >= 4 is 17.5 Å². The van der Waals surface area contributed by atoms with E-state index in [2.05, 4.69) is 5.16 Å². The number of carbonyl (C=O) groups is 1. The van der Waals surface area contributed by atoms with Crippen LogP contribution in [0, 0.1) is 12.7 Å². The molecule has 1 unspecified atom stereocenters. The van der Waals surface area contributed by atoms with E-state index in [1.165, 1.54) is 23.1 Å². The molecule has 7 heteroatoms. The molecule has 2 heterocycles. The van der Waals surface area contributed by atoms with Gasteiger partial charge in [-0.05, 0) is 31.9 Å². The fourth-order valence-electron chi connectivity index (χ4n) is 2.82. The van der Waals surface area contributed by atoms with Crippen LogP contribution in [-0.2, 0) is 0 Å². The van der Waals surface area contributed by atoms with Crippen LogP contribution in [0.2, 0.25) is 5.02 Å². The third-order valence-corrected chi connectivity index (χ3v) is 4.27. The molecule has 2 aromatic rings. The normalized spacial score (nSPS) is 18.3. The van der Waals surface area contributed by atoms with Crippen molar-refractivity contribution in [2.75, 3.05) is 13.1 Å². The zero-order valence-corrected chi connectivity index (χ0v) is 13.3. The van der Waals surface area contributed by atoms with E-state index < -0.39 is 11.9 Å². The number of halogens is 2. The number of hydrogen-bond donors (Lipinski definition) is 1. The standard InChI is InChI=1S/C16H16ClFN2O3/c1-9-13(16(22)20-7-3-4-10(21)8-20)15(19-23-9)14-11(17)5-2-6-12(14)18/h2,5-6,10,21H,3-4,7-8H2,1H3. The highest BCUT2D eigenvalue weighted by Crippen LogP contribution is 2.34. The van der Waals surface area contributed by atoms with Gasteiger partial charge in [-0.1, -0.05) is 22.8 Å². The Hall–Kier alpha value is -1.92. The van der Waals surface area contributed by atoms with Gasteiger partial charge in [-0.3, -0.25) is 4.79 Å². The number of aryl methyl sites for hydroxylation is 1. The molecule has 1 atom stereocenters. The number of rotatable bonds is 2. The van der Waals surface area contributed by atoms with Gasteiger partial charge in [0.15, 0.2) is 0 Å². The van der Waals surface area contributed by atoms with E-state index in [1.807, 2.05) is 0 Å². The maximum absolute atomic E-state index is 14.2. The highest BCUT2D eigenvalue weighted by atomic mass is 35.5. The Kier molecular flexibility index (Phi) is 4.37. The molecule has 122 valence electrons. The summed E-state index contributed by atoms with van der Waals surface area (Å²) in [6.07, 6.45) is 0.833. The molecule has 1 fully saturated rings. The van der Waals surface area contributed by atoms with Gasteiger partial charge in [0, 0.05) is 13.1 Å². The molecule has 0 spiro atoms. The summed E-state index contributed by atoms with van der Waals surface area (Å²) in [7, 11) is 0. The summed E-state index contributed by atoms with van der Waals surface area (Å²) in [5.74, 6) is -0.611. The molecule has 1 aromatic carbocycles. The molecule has 1 aliphatic rings. The predicted octanol–water partition coefficient (Wildman–Crippen LogP) is 3.04. The summed E-state index contributed by atoms with van der Waals surface area (Å²) < 4.78 is 19.3. The number of aliphatic hydroxyl groups is 1. The maximum Gasteiger partial charge on any atom is 0.259 e. The molecule has 0 aliphatic carbocycles. The number of amides is 1. The molecule has 23 heavy (non-hydrogen) atoms. The van der Waals surface area contributed by atoms with Crippen molar-refractivity contribution in [3.05, 3.63) is 40.4 Å². The van der Waals surface area contributed by atoms with Gasteiger partial charge in [0.2, 0.25) is 0 Å². The first-order valence-corrected chi connectivity index (χ1v) is 7.75. The van der Waals surface area contributed by atoms with Crippen molar-refractivity contribution in [1.82, 2.24) is 10.1 Å². The van der Waals surface area contributed by atoms with Gasteiger partial charge in [0.1, 0.15) is 22.8 Å². The molecule has 1 saturated heterocycles. The summed E-state index contributed by atoms with van der Waals surface area (Å²) in [4.78, 5) is 14.3. The largest absolute Gasteiger partial charge is 0.391 e. The van der Waals surface area contributed by atoms with E-state index in [0.717, 1.165) is 0 Å². The van der Waals surface area contributed by atoms with Crippen molar-refractivity contribution in [2.45, 2.75) is 25.9 Å². The molecule has 0 bridgehead atoms. The van der Waals surface area contributed by atoms with Gasteiger partial charge in [-0.25, -0.2) is 4.39 Å². The number of nitrogens with zero attached hydrogens (tertiary/aromatic N) is 2. The van der Waals surface area contributed by atoms with Crippen LogP contribution in [0.25, 0.3) is 11.3 Å². The SMILES string of the molecule is Cc1onc(-c2c(F)cccc2Cl)c1C(=O)N1CCCC(O)C1. The zero-order valence-electron chi connectivity index (χ0n) is 12.6. The second-order valence-corrected chi connectivity index (χ2v) is 6.01. The van der Waals surface area contributed by atoms with Crippen molar-refractivity contribution in [3.63, 3.8) is 0 Å². The Bertz CT molecular complexity index is 727. The first-order valence-electron chi connectivity index (χ1n) is 7.37. The van der Waals surface area contributed by atoms with Gasteiger partial charge >= 0.3 is 0 Å². The lowest BCUT2D eigenvalue weighted by Crippen LogP contribution is -2.42. The van der Waals surface area contributed by atoms with Crippen LogP contribution in [-0.4, -0.2) is 40.3 Å². The molecule has 5 nitrogen and oxygen atoms in total. The maximum atomic E-state index is 14.2. The summed E-state index contributed by atoms with van der Waals surface area (Å²) in [6.45, 7) is 2.37. The fourth-order valence-corrected chi connectivity index (χ4v) is 3.07. The van der Waals surface area contributed by atoms with E-state index >= 15 is 0 Å². The quantitative estimate of drug-likeness (QED) is 0.914. The minimum absolute atomic E-state index is 0.0481. The van der Waals surface area contributed by atoms with Crippen LogP contribution in [0.4, 0.5) is 4.39 Å². The number of aromatic nitrogens is 1. The molecule has 1 aromatic heterocycles. The highest BCUT2D eigenvalue weighted by molar-refractivity contribution is 6.33. The lowest BCUT2D eigenvalue weighted by atomic mass is 10.0. The van der Waals surface area contributed by atoms with E-state index in [0.29, 0.717) is 25.1 Å². The molecular weight excluding hydrogens is 323 g/mol. The Morgan fingerprint density at radius 3 is 3.00 bits per heavy atom. The average Bonchev–Trinajstić information content (AvgIpc) is 2.88. The van der Waals surface area contributed by atoms with Crippen LogP contribution in [0.5, 0.6) is 0 Å². The van der Waals surface area contributed by atoms with Gasteiger partial charge in [0.05, 0.1) is 16.7 Å². The second kappa shape index (κ2) is 6.29. The number of hydrogen-bond acceptors (Lipinski definition) is 4. The van der Waals surface area contributed by atoms with Crippen LogP contribution in [0.1, 0.15) is 29.0 Å². The van der Waals surface area contributed by atoms with Gasteiger partial charge in [-0.2, -0.15) is 0 Å². The molecule has 1 amide bonds. The molecule has 1 aliphatic heterocycles. The lowest BCUT2D eigenvalue weighted by molar-refractivity contribution is 0.0473. The summed E-state index contributed by atoms with van der Waals surface area (Å²) in [6, 6.07) is 4.27. The van der Waals surface area contributed by atoms with Gasteiger partial charge in [0.25, 0.3) is 5.91 Å². The number of aliphatic hydroxyl groups excluding tert-OH is 1. The summed E-state index contributed by atoms with van der Waals surface area (Å²) in [5, 5.41) is 13.7. The number of likely N-dealkylation sites (tertiary alicyclic amines) is 1. The predicted molar refractivity (Wildman–Crippen MR) is 82.8 cm³/mol. The van der Waals surface area contributed by atoms with Crippen molar-refractivity contribution in [1.29, 1.82) is 0 Å². The number of benzene rings is 1. The minimum atomic E-state index is -0.571. The fraction of sp³-hybridized carbons (Fsp3) is 0.375. The zero-order chi connectivity index (χ0) is 16.6. The van der Waals surface area contributed by atoms with Crippen LogP contribution in [0.15, 0.2) is 22.7 Å². The Morgan fingerprint density at radius 1 is 1.52 bits per heavy atom. The summed E-state index contributed by atoms with van der Waals surface area (Å²) in [5.41, 5.74) is 0.327. The third-order valence-electron chi connectivity index (χ3n) is 3.96. The van der Waals surface area contributed by atoms with Crippen LogP contribution >= 0.6 is 11.6 Å². The Morgan fingerprint density at radius 2 is 2.30 bits per heavy atom. The van der Waals surface area contributed by atoms with E-state index in [9.17, 15) is 14.3 Å². The average molecular weight is 339 g/mol. The Labute approximate surface area is 137 Å². The van der Waals surface area contributed by atoms with Crippen LogP contribution in [0.3, 0.4) is 0 Å². The molecular formula is C16H16ClFN2O3. The number of β-amino-alcohol motifs (C(OH)–C–C–N with tert-alkyl or cyclic N) is 1. The number of piperidine rings is 1. The molecule has 0 radical (unpaired) electrons.